The standard InChI is InChI=1S/C14H16F3NO3/c15-14(16,17)11-3-1-2-10(6-11)7-12(19)18-8-13(20)4-5-21-9-13/h1-3,6,20H,4-5,7-9H2,(H,18,19). The first-order chi connectivity index (χ1) is 9.78. The SMILES string of the molecule is O=C(Cc1cccc(C(F)(F)F)c1)NCC1(O)CCOC1. The molecule has 1 saturated heterocycles. The third kappa shape index (κ3) is 4.44. The molecule has 21 heavy (non-hydrogen) atoms. The van der Waals surface area contributed by atoms with Crippen molar-refractivity contribution in [3.63, 3.8) is 0 Å². The fraction of sp³-hybridized carbons (Fsp3) is 0.500. The number of aliphatic hydroxyl groups is 1. The largest absolute Gasteiger partial charge is 0.416 e. The smallest absolute Gasteiger partial charge is 0.386 e. The molecule has 0 aliphatic carbocycles. The van der Waals surface area contributed by atoms with Gasteiger partial charge in [0.25, 0.3) is 0 Å². The summed E-state index contributed by atoms with van der Waals surface area (Å²) in [4.78, 5) is 11.7. The van der Waals surface area contributed by atoms with Gasteiger partial charge in [0, 0.05) is 19.6 Å². The van der Waals surface area contributed by atoms with Crippen molar-refractivity contribution in [3.8, 4) is 0 Å². The number of amides is 1. The number of ether oxygens (including phenoxy) is 1. The van der Waals surface area contributed by atoms with Gasteiger partial charge < -0.3 is 15.2 Å². The highest BCUT2D eigenvalue weighted by atomic mass is 19.4. The second-order valence-corrected chi connectivity index (χ2v) is 5.18. The van der Waals surface area contributed by atoms with E-state index in [0.717, 1.165) is 12.1 Å². The molecule has 1 aliphatic heterocycles. The van der Waals surface area contributed by atoms with Crippen molar-refractivity contribution in [1.29, 1.82) is 0 Å². The Bertz CT molecular complexity index is 510. The van der Waals surface area contributed by atoms with Crippen LogP contribution in [0.15, 0.2) is 24.3 Å². The monoisotopic (exact) mass is 303 g/mol. The van der Waals surface area contributed by atoms with E-state index in [9.17, 15) is 23.1 Å². The van der Waals surface area contributed by atoms with Crippen LogP contribution in [0.4, 0.5) is 13.2 Å². The maximum atomic E-state index is 12.6. The van der Waals surface area contributed by atoms with Crippen LogP contribution in [-0.2, 0) is 22.1 Å². The molecule has 2 N–H and O–H groups in total. The summed E-state index contributed by atoms with van der Waals surface area (Å²) in [6, 6.07) is 4.64. The third-order valence-electron chi connectivity index (χ3n) is 3.32. The molecule has 2 rings (SSSR count). The molecule has 1 aromatic carbocycles. The number of carbonyl (C=O) groups is 1. The number of hydrogen-bond acceptors (Lipinski definition) is 3. The molecule has 0 saturated carbocycles. The Balaban J connectivity index is 1.91. The number of halogens is 3. The summed E-state index contributed by atoms with van der Waals surface area (Å²) in [6.45, 7) is 0.613. The van der Waals surface area contributed by atoms with Crippen LogP contribution < -0.4 is 5.32 Å². The fourth-order valence-electron chi connectivity index (χ4n) is 2.10. The van der Waals surface area contributed by atoms with E-state index >= 15 is 0 Å². The highest BCUT2D eigenvalue weighted by Gasteiger charge is 2.33. The lowest BCUT2D eigenvalue weighted by atomic mass is 10.0. The van der Waals surface area contributed by atoms with Gasteiger partial charge in [-0.25, -0.2) is 0 Å². The maximum absolute atomic E-state index is 12.6. The predicted molar refractivity (Wildman–Crippen MR) is 68.5 cm³/mol. The zero-order valence-corrected chi connectivity index (χ0v) is 11.2. The van der Waals surface area contributed by atoms with E-state index in [-0.39, 0.29) is 25.1 Å². The summed E-state index contributed by atoms with van der Waals surface area (Å²) in [5, 5.41) is 12.5. The number of carbonyl (C=O) groups excluding carboxylic acids is 1. The van der Waals surface area contributed by atoms with Gasteiger partial charge in [0.05, 0.1) is 18.6 Å². The summed E-state index contributed by atoms with van der Waals surface area (Å²) < 4.78 is 42.7. The maximum Gasteiger partial charge on any atom is 0.416 e. The van der Waals surface area contributed by atoms with E-state index in [1.165, 1.54) is 12.1 Å². The van der Waals surface area contributed by atoms with Crippen LogP contribution in [0.25, 0.3) is 0 Å². The van der Waals surface area contributed by atoms with Crippen molar-refractivity contribution in [2.24, 2.45) is 0 Å². The highest BCUT2D eigenvalue weighted by Crippen LogP contribution is 2.29. The number of alkyl halides is 3. The molecule has 0 aromatic heterocycles. The van der Waals surface area contributed by atoms with Crippen molar-refractivity contribution < 1.29 is 27.8 Å². The lowest BCUT2D eigenvalue weighted by Crippen LogP contribution is -2.43. The number of rotatable bonds is 4. The van der Waals surface area contributed by atoms with Gasteiger partial charge >= 0.3 is 6.18 Å². The zero-order valence-electron chi connectivity index (χ0n) is 11.2. The van der Waals surface area contributed by atoms with Crippen LogP contribution in [0.1, 0.15) is 17.5 Å². The topological polar surface area (TPSA) is 58.6 Å². The molecular formula is C14H16F3NO3. The molecule has 1 aliphatic rings. The van der Waals surface area contributed by atoms with E-state index in [1.807, 2.05) is 0 Å². The van der Waals surface area contributed by atoms with Gasteiger partial charge in [-0.3, -0.25) is 4.79 Å². The third-order valence-corrected chi connectivity index (χ3v) is 3.32. The Morgan fingerprint density at radius 2 is 2.19 bits per heavy atom. The van der Waals surface area contributed by atoms with Crippen molar-refractivity contribution >= 4 is 5.91 Å². The first kappa shape index (κ1) is 15.8. The number of benzene rings is 1. The first-order valence-corrected chi connectivity index (χ1v) is 6.51. The second kappa shape index (κ2) is 6.03. The van der Waals surface area contributed by atoms with Crippen LogP contribution in [0.2, 0.25) is 0 Å². The van der Waals surface area contributed by atoms with E-state index in [0.29, 0.717) is 13.0 Å². The minimum absolute atomic E-state index is 0.0325. The Morgan fingerprint density at radius 3 is 2.81 bits per heavy atom. The minimum atomic E-state index is -4.43. The Labute approximate surface area is 119 Å². The summed E-state index contributed by atoms with van der Waals surface area (Å²) in [7, 11) is 0. The molecule has 1 aromatic rings. The van der Waals surface area contributed by atoms with Crippen LogP contribution in [0, 0.1) is 0 Å². The molecule has 4 nitrogen and oxygen atoms in total. The van der Waals surface area contributed by atoms with Gasteiger partial charge in [0.15, 0.2) is 0 Å². The molecule has 0 spiro atoms. The predicted octanol–water partition coefficient (Wildman–Crippen LogP) is 1.52. The molecule has 1 heterocycles. The summed E-state index contributed by atoms with van der Waals surface area (Å²) in [6.07, 6.45) is -4.17. The molecule has 1 fully saturated rings. The van der Waals surface area contributed by atoms with Crippen molar-refractivity contribution in [1.82, 2.24) is 5.32 Å². The average Bonchev–Trinajstić information content (AvgIpc) is 2.83. The van der Waals surface area contributed by atoms with E-state index in [2.05, 4.69) is 5.32 Å². The van der Waals surface area contributed by atoms with Crippen molar-refractivity contribution in [3.05, 3.63) is 35.4 Å². The lowest BCUT2D eigenvalue weighted by molar-refractivity contribution is -0.137. The van der Waals surface area contributed by atoms with Gasteiger partial charge in [0.1, 0.15) is 5.60 Å². The van der Waals surface area contributed by atoms with Crippen LogP contribution in [0.5, 0.6) is 0 Å². The molecule has 116 valence electrons. The molecule has 0 radical (unpaired) electrons. The number of hydrogen-bond donors (Lipinski definition) is 2. The van der Waals surface area contributed by atoms with Crippen molar-refractivity contribution in [2.75, 3.05) is 19.8 Å². The van der Waals surface area contributed by atoms with E-state index < -0.39 is 23.2 Å². The van der Waals surface area contributed by atoms with Gasteiger partial charge in [-0.05, 0) is 11.6 Å². The second-order valence-electron chi connectivity index (χ2n) is 5.18. The lowest BCUT2D eigenvalue weighted by Gasteiger charge is -2.20. The van der Waals surface area contributed by atoms with E-state index in [1.54, 1.807) is 0 Å². The Morgan fingerprint density at radius 1 is 1.43 bits per heavy atom. The summed E-state index contributed by atoms with van der Waals surface area (Å²) >= 11 is 0. The normalized spacial score (nSPS) is 22.3. The molecule has 1 amide bonds. The summed E-state index contributed by atoms with van der Waals surface area (Å²) in [5.74, 6) is -0.436. The minimum Gasteiger partial charge on any atom is -0.386 e. The summed E-state index contributed by atoms with van der Waals surface area (Å²) in [5.41, 5.74) is -1.59. The van der Waals surface area contributed by atoms with Crippen LogP contribution >= 0.6 is 0 Å². The Kier molecular flexibility index (Phi) is 4.53. The molecule has 0 bridgehead atoms. The fourth-order valence-corrected chi connectivity index (χ4v) is 2.10. The van der Waals surface area contributed by atoms with Crippen molar-refractivity contribution in [2.45, 2.75) is 24.6 Å². The Hall–Kier alpha value is -1.60. The van der Waals surface area contributed by atoms with Gasteiger partial charge in [0.2, 0.25) is 5.91 Å². The quantitative estimate of drug-likeness (QED) is 0.886. The van der Waals surface area contributed by atoms with Gasteiger partial charge in [-0.2, -0.15) is 13.2 Å². The molecular weight excluding hydrogens is 287 g/mol. The highest BCUT2D eigenvalue weighted by molar-refractivity contribution is 5.78. The molecule has 1 unspecified atom stereocenters. The van der Waals surface area contributed by atoms with Crippen LogP contribution in [-0.4, -0.2) is 36.4 Å². The van der Waals surface area contributed by atoms with Gasteiger partial charge in [-0.1, -0.05) is 18.2 Å². The number of nitrogens with one attached hydrogen (secondary N) is 1. The first-order valence-electron chi connectivity index (χ1n) is 6.51. The average molecular weight is 303 g/mol. The van der Waals surface area contributed by atoms with Gasteiger partial charge in [-0.15, -0.1) is 0 Å². The zero-order chi connectivity index (χ0) is 15.5. The van der Waals surface area contributed by atoms with E-state index in [4.69, 9.17) is 4.74 Å². The molecule has 7 heteroatoms. The molecule has 1 atom stereocenters. The van der Waals surface area contributed by atoms with Crippen LogP contribution in [0.3, 0.4) is 0 Å².